The molecule has 0 radical (unpaired) electrons. The molecule has 0 aliphatic heterocycles. The summed E-state index contributed by atoms with van der Waals surface area (Å²) in [5.41, 5.74) is 2.47. The van der Waals surface area contributed by atoms with Crippen LogP contribution in [-0.4, -0.2) is 22.0 Å². The van der Waals surface area contributed by atoms with E-state index in [2.05, 4.69) is 10.3 Å². The van der Waals surface area contributed by atoms with Gasteiger partial charge in [0.05, 0.1) is 5.56 Å². The smallest absolute Gasteiger partial charge is 0.352 e. The molecule has 5 heteroatoms. The first-order valence-corrected chi connectivity index (χ1v) is 6.25. The molecule has 104 valence electrons. The summed E-state index contributed by atoms with van der Waals surface area (Å²) in [6.07, 6.45) is 0. The van der Waals surface area contributed by atoms with Crippen LogP contribution in [0.2, 0.25) is 0 Å². The first-order valence-electron chi connectivity index (χ1n) is 6.25. The van der Waals surface area contributed by atoms with E-state index in [4.69, 9.17) is 5.11 Å². The van der Waals surface area contributed by atoms with Crippen LogP contribution in [0.15, 0.2) is 30.3 Å². The number of aromatic carboxylic acids is 1. The molecule has 0 aliphatic rings. The van der Waals surface area contributed by atoms with E-state index in [0.29, 0.717) is 23.4 Å². The maximum absolute atomic E-state index is 12.2. The van der Waals surface area contributed by atoms with E-state index in [-0.39, 0.29) is 11.6 Å². The van der Waals surface area contributed by atoms with Crippen LogP contribution < -0.4 is 5.32 Å². The molecule has 2 rings (SSSR count). The fraction of sp³-hybridized carbons (Fsp3) is 0.200. The molecule has 0 atom stereocenters. The number of benzene rings is 1. The Labute approximate surface area is 116 Å². The van der Waals surface area contributed by atoms with Gasteiger partial charge in [-0.05, 0) is 25.0 Å². The number of rotatable bonds is 4. The van der Waals surface area contributed by atoms with Crippen LogP contribution in [0, 0.1) is 13.8 Å². The van der Waals surface area contributed by atoms with Crippen molar-refractivity contribution in [3.8, 4) is 0 Å². The number of carboxylic acid groups (broad SMARTS) is 1. The average Bonchev–Trinajstić information content (AvgIpc) is 2.73. The van der Waals surface area contributed by atoms with Gasteiger partial charge in [-0.2, -0.15) is 0 Å². The van der Waals surface area contributed by atoms with Crippen molar-refractivity contribution in [3.05, 3.63) is 58.4 Å². The normalized spacial score (nSPS) is 10.3. The molecule has 20 heavy (non-hydrogen) atoms. The van der Waals surface area contributed by atoms with Crippen LogP contribution in [0.5, 0.6) is 0 Å². The molecule has 0 saturated heterocycles. The highest BCUT2D eigenvalue weighted by atomic mass is 16.4. The Morgan fingerprint density at radius 1 is 1.20 bits per heavy atom. The largest absolute Gasteiger partial charge is 0.477 e. The number of aryl methyl sites for hydroxylation is 1. The zero-order chi connectivity index (χ0) is 14.7. The molecule has 0 fully saturated rings. The molecular formula is C15H16N2O3. The summed E-state index contributed by atoms with van der Waals surface area (Å²) in [5, 5.41) is 11.8. The molecule has 5 nitrogen and oxygen atoms in total. The molecule has 3 N–H and O–H groups in total. The Balaban J connectivity index is 2.16. The van der Waals surface area contributed by atoms with Gasteiger partial charge in [0.2, 0.25) is 0 Å². The van der Waals surface area contributed by atoms with E-state index >= 15 is 0 Å². The molecule has 1 aromatic carbocycles. The first kappa shape index (κ1) is 13.9. The highest BCUT2D eigenvalue weighted by Crippen LogP contribution is 2.17. The van der Waals surface area contributed by atoms with Gasteiger partial charge in [-0.25, -0.2) is 4.79 Å². The quantitative estimate of drug-likeness (QED) is 0.798. The van der Waals surface area contributed by atoms with Gasteiger partial charge in [0.15, 0.2) is 0 Å². The van der Waals surface area contributed by atoms with Gasteiger partial charge < -0.3 is 15.4 Å². The van der Waals surface area contributed by atoms with Crippen molar-refractivity contribution >= 4 is 11.9 Å². The summed E-state index contributed by atoms with van der Waals surface area (Å²) < 4.78 is 0. The van der Waals surface area contributed by atoms with Gasteiger partial charge in [-0.1, -0.05) is 30.3 Å². The molecule has 1 aromatic heterocycles. The van der Waals surface area contributed by atoms with Crippen LogP contribution in [-0.2, 0) is 6.54 Å². The van der Waals surface area contributed by atoms with Crippen molar-refractivity contribution in [1.82, 2.24) is 10.3 Å². The van der Waals surface area contributed by atoms with Crippen LogP contribution in [0.1, 0.15) is 37.7 Å². The maximum Gasteiger partial charge on any atom is 0.352 e. The lowest BCUT2D eigenvalue weighted by atomic mass is 10.1. The second kappa shape index (κ2) is 5.61. The van der Waals surface area contributed by atoms with E-state index in [0.717, 1.165) is 5.56 Å². The van der Waals surface area contributed by atoms with Gasteiger partial charge in [-0.3, -0.25) is 4.79 Å². The first-order chi connectivity index (χ1) is 9.50. The number of aromatic nitrogens is 1. The van der Waals surface area contributed by atoms with Crippen LogP contribution in [0.4, 0.5) is 0 Å². The Kier molecular flexibility index (Phi) is 3.89. The van der Waals surface area contributed by atoms with E-state index in [9.17, 15) is 9.59 Å². The van der Waals surface area contributed by atoms with Crippen molar-refractivity contribution in [1.29, 1.82) is 0 Å². The number of carbonyl (C=O) groups excluding carboxylic acids is 1. The second-order valence-corrected chi connectivity index (χ2v) is 4.60. The zero-order valence-corrected chi connectivity index (χ0v) is 11.4. The van der Waals surface area contributed by atoms with E-state index < -0.39 is 5.97 Å². The predicted octanol–water partition coefficient (Wildman–Crippen LogP) is 2.26. The fourth-order valence-corrected chi connectivity index (χ4v) is 2.17. The molecule has 0 unspecified atom stereocenters. The molecule has 0 saturated carbocycles. The monoisotopic (exact) mass is 272 g/mol. The number of nitrogens with one attached hydrogen (secondary N) is 2. The second-order valence-electron chi connectivity index (χ2n) is 4.60. The highest BCUT2D eigenvalue weighted by molar-refractivity contribution is 6.00. The molecule has 0 aliphatic carbocycles. The van der Waals surface area contributed by atoms with Crippen LogP contribution in [0.25, 0.3) is 0 Å². The molecule has 0 spiro atoms. The fourth-order valence-electron chi connectivity index (χ4n) is 2.17. The van der Waals surface area contributed by atoms with Crippen molar-refractivity contribution < 1.29 is 14.7 Å². The third-order valence-electron chi connectivity index (χ3n) is 3.17. The Hall–Kier alpha value is -2.56. The number of aromatic amines is 1. The summed E-state index contributed by atoms with van der Waals surface area (Å²) >= 11 is 0. The number of carbonyl (C=O) groups is 2. The van der Waals surface area contributed by atoms with Crippen molar-refractivity contribution in [2.75, 3.05) is 0 Å². The third-order valence-corrected chi connectivity index (χ3v) is 3.17. The predicted molar refractivity (Wildman–Crippen MR) is 74.8 cm³/mol. The molecular weight excluding hydrogens is 256 g/mol. The van der Waals surface area contributed by atoms with E-state index in [1.807, 2.05) is 30.3 Å². The summed E-state index contributed by atoms with van der Waals surface area (Å²) in [6.45, 7) is 3.73. The standard InChI is InChI=1S/C15H16N2O3/c1-9-12(10(2)17-13(9)15(19)20)14(18)16-8-11-6-4-3-5-7-11/h3-7,17H,8H2,1-2H3,(H,16,18)(H,19,20). The van der Waals surface area contributed by atoms with Gasteiger partial charge in [0, 0.05) is 12.2 Å². The summed E-state index contributed by atoms with van der Waals surface area (Å²) in [5.74, 6) is -1.33. The SMILES string of the molecule is Cc1[nH]c(C(=O)O)c(C)c1C(=O)NCc1ccccc1. The van der Waals surface area contributed by atoms with Crippen molar-refractivity contribution in [3.63, 3.8) is 0 Å². The lowest BCUT2D eigenvalue weighted by molar-refractivity contribution is 0.0690. The molecule has 0 bridgehead atoms. The van der Waals surface area contributed by atoms with E-state index in [1.165, 1.54) is 0 Å². The molecule has 2 aromatic rings. The van der Waals surface area contributed by atoms with Gasteiger partial charge in [0.1, 0.15) is 5.69 Å². The van der Waals surface area contributed by atoms with Gasteiger partial charge in [-0.15, -0.1) is 0 Å². The number of amides is 1. The number of H-pyrrole nitrogens is 1. The molecule has 1 amide bonds. The number of carboxylic acids is 1. The highest BCUT2D eigenvalue weighted by Gasteiger charge is 2.21. The lowest BCUT2D eigenvalue weighted by Crippen LogP contribution is -2.23. The Bertz CT molecular complexity index is 645. The topological polar surface area (TPSA) is 82.2 Å². The van der Waals surface area contributed by atoms with E-state index in [1.54, 1.807) is 13.8 Å². The minimum atomic E-state index is -1.06. The summed E-state index contributed by atoms with van der Waals surface area (Å²) in [7, 11) is 0. The third kappa shape index (κ3) is 2.71. The maximum atomic E-state index is 12.2. The van der Waals surface area contributed by atoms with Gasteiger partial charge in [0.25, 0.3) is 5.91 Å². The van der Waals surface area contributed by atoms with Crippen LogP contribution in [0.3, 0.4) is 0 Å². The number of hydrogen-bond acceptors (Lipinski definition) is 2. The average molecular weight is 272 g/mol. The van der Waals surface area contributed by atoms with Gasteiger partial charge >= 0.3 is 5.97 Å². The Morgan fingerprint density at radius 3 is 2.40 bits per heavy atom. The Morgan fingerprint density at radius 2 is 1.85 bits per heavy atom. The molecule has 1 heterocycles. The van der Waals surface area contributed by atoms with Crippen LogP contribution >= 0.6 is 0 Å². The lowest BCUT2D eigenvalue weighted by Gasteiger charge is -2.06. The van der Waals surface area contributed by atoms with Crippen molar-refractivity contribution in [2.45, 2.75) is 20.4 Å². The zero-order valence-electron chi connectivity index (χ0n) is 11.4. The van der Waals surface area contributed by atoms with Crippen molar-refractivity contribution in [2.24, 2.45) is 0 Å². The number of hydrogen-bond donors (Lipinski definition) is 3. The summed E-state index contributed by atoms with van der Waals surface area (Å²) in [6, 6.07) is 9.54. The minimum absolute atomic E-state index is 0.0624. The minimum Gasteiger partial charge on any atom is -0.477 e. The summed E-state index contributed by atoms with van der Waals surface area (Å²) in [4.78, 5) is 25.9.